The van der Waals surface area contributed by atoms with Gasteiger partial charge in [0.15, 0.2) is 5.96 Å². The first-order valence-electron chi connectivity index (χ1n) is 12.4. The number of nitrogens with one attached hydrogen (secondary N) is 2. The van der Waals surface area contributed by atoms with Crippen molar-refractivity contribution in [3.8, 4) is 0 Å². The molecule has 1 heterocycles. The van der Waals surface area contributed by atoms with Crippen LogP contribution in [0.15, 0.2) is 24.3 Å². The van der Waals surface area contributed by atoms with E-state index in [0.29, 0.717) is 17.4 Å². The van der Waals surface area contributed by atoms with Crippen LogP contribution in [-0.4, -0.2) is 27.2 Å². The van der Waals surface area contributed by atoms with E-state index in [1.54, 1.807) is 12.1 Å². The molecule has 7 heteroatoms. The molecule has 174 valence electrons. The van der Waals surface area contributed by atoms with Gasteiger partial charge in [-0.1, -0.05) is 76.3 Å². The highest BCUT2D eigenvalue weighted by molar-refractivity contribution is 6.07. The van der Waals surface area contributed by atoms with Gasteiger partial charge in [0.2, 0.25) is 0 Å². The highest BCUT2D eigenvalue weighted by Gasteiger charge is 2.50. The quantitative estimate of drug-likeness (QED) is 0.410. The minimum absolute atomic E-state index is 0.0133. The molecule has 0 spiro atoms. The lowest BCUT2D eigenvalue weighted by Crippen LogP contribution is -2.49. The van der Waals surface area contributed by atoms with E-state index in [1.165, 1.54) is 81.2 Å². The van der Waals surface area contributed by atoms with Gasteiger partial charge in [-0.2, -0.15) is 0 Å². The van der Waals surface area contributed by atoms with Gasteiger partial charge in [0.05, 0.1) is 11.5 Å². The van der Waals surface area contributed by atoms with Crippen molar-refractivity contribution in [1.82, 2.24) is 10.2 Å². The Morgan fingerprint density at radius 1 is 1.06 bits per heavy atom. The number of nitro groups is 1. The van der Waals surface area contributed by atoms with Crippen molar-refractivity contribution in [1.29, 1.82) is 5.41 Å². The Kier molecular flexibility index (Phi) is 7.11. The van der Waals surface area contributed by atoms with E-state index in [9.17, 15) is 14.9 Å². The smallest absolute Gasteiger partial charge is 0.269 e. The van der Waals surface area contributed by atoms with Crippen LogP contribution in [-0.2, 0) is 11.3 Å². The summed E-state index contributed by atoms with van der Waals surface area (Å²) in [5.41, 5.74) is -0.00342. The van der Waals surface area contributed by atoms with E-state index in [2.05, 4.69) is 5.32 Å². The number of amides is 1. The molecular weight excluding hydrogens is 404 g/mol. The lowest BCUT2D eigenvalue weighted by Gasteiger charge is -2.34. The number of carbonyl (C=O) groups is 1. The zero-order valence-electron chi connectivity index (χ0n) is 19.0. The second kappa shape index (κ2) is 10.0. The molecule has 0 unspecified atom stereocenters. The number of guanidine groups is 1. The second-order valence-corrected chi connectivity index (χ2v) is 10.1. The molecule has 32 heavy (non-hydrogen) atoms. The summed E-state index contributed by atoms with van der Waals surface area (Å²) in [6.45, 7) is 0.197. The van der Waals surface area contributed by atoms with Gasteiger partial charge < -0.3 is 5.32 Å². The van der Waals surface area contributed by atoms with Crippen LogP contribution in [0.5, 0.6) is 0 Å². The molecule has 2 N–H and O–H groups in total. The Bertz CT molecular complexity index is 845. The molecule has 1 saturated heterocycles. The first kappa shape index (κ1) is 22.7. The predicted octanol–water partition coefficient (Wildman–Crippen LogP) is 5.53. The van der Waals surface area contributed by atoms with E-state index in [4.69, 9.17) is 5.41 Å². The Morgan fingerprint density at radius 2 is 1.72 bits per heavy atom. The first-order chi connectivity index (χ1) is 15.5. The maximum atomic E-state index is 13.8. The summed E-state index contributed by atoms with van der Waals surface area (Å²) < 4.78 is 0. The molecule has 3 aliphatic rings. The van der Waals surface area contributed by atoms with E-state index in [-0.39, 0.29) is 24.1 Å². The third-order valence-electron chi connectivity index (χ3n) is 7.81. The van der Waals surface area contributed by atoms with Crippen molar-refractivity contribution in [3.63, 3.8) is 0 Å². The van der Waals surface area contributed by atoms with Crippen LogP contribution in [0.4, 0.5) is 5.69 Å². The maximum absolute atomic E-state index is 13.8. The van der Waals surface area contributed by atoms with Gasteiger partial charge in [-0.3, -0.25) is 25.2 Å². The molecule has 0 aromatic heterocycles. The molecule has 2 aliphatic carbocycles. The fraction of sp³-hybridized carbons (Fsp3) is 0.680. The van der Waals surface area contributed by atoms with Crippen molar-refractivity contribution < 1.29 is 9.72 Å². The Hall–Kier alpha value is -2.44. The minimum Gasteiger partial charge on any atom is -0.342 e. The van der Waals surface area contributed by atoms with Gasteiger partial charge in [0, 0.05) is 12.1 Å². The number of hydrogen-bond acceptors (Lipinski definition) is 4. The zero-order valence-corrected chi connectivity index (χ0v) is 19.0. The predicted molar refractivity (Wildman–Crippen MR) is 124 cm³/mol. The number of non-ortho nitro benzene ring substituents is 1. The van der Waals surface area contributed by atoms with E-state index in [1.807, 2.05) is 0 Å². The van der Waals surface area contributed by atoms with Gasteiger partial charge in [0.25, 0.3) is 11.6 Å². The summed E-state index contributed by atoms with van der Waals surface area (Å²) in [7, 11) is 0. The molecule has 1 atom stereocenters. The van der Waals surface area contributed by atoms with Crippen LogP contribution in [0.3, 0.4) is 0 Å². The van der Waals surface area contributed by atoms with Gasteiger partial charge in [-0.05, 0) is 36.7 Å². The Morgan fingerprint density at radius 3 is 2.38 bits per heavy atom. The zero-order chi connectivity index (χ0) is 22.6. The van der Waals surface area contributed by atoms with Crippen LogP contribution in [0.1, 0.15) is 89.0 Å². The average molecular weight is 441 g/mol. The van der Waals surface area contributed by atoms with Gasteiger partial charge >= 0.3 is 0 Å². The van der Waals surface area contributed by atoms with E-state index < -0.39 is 10.5 Å². The SMILES string of the molecule is N=C1N[C@](CCC2CCCCC2)(CC2CCCCC2)C(=O)N1Cc1cccc([N+](=O)[O-])c1. The van der Waals surface area contributed by atoms with Crippen LogP contribution in [0, 0.1) is 27.4 Å². The van der Waals surface area contributed by atoms with Crippen molar-refractivity contribution in [3.05, 3.63) is 39.9 Å². The van der Waals surface area contributed by atoms with Crippen molar-refractivity contribution in [2.75, 3.05) is 0 Å². The molecule has 7 nitrogen and oxygen atoms in total. The number of nitro benzene ring substituents is 1. The van der Waals surface area contributed by atoms with Crippen molar-refractivity contribution >= 4 is 17.6 Å². The van der Waals surface area contributed by atoms with E-state index >= 15 is 0 Å². The molecule has 1 aromatic carbocycles. The standard InChI is InChI=1S/C25H36N4O3/c26-24-27-25(17-20-10-5-2-6-11-20,15-14-19-8-3-1-4-9-19)23(30)28(24)18-21-12-7-13-22(16-21)29(31)32/h7,12-13,16,19-20H,1-6,8-11,14-15,17-18H2,(H2,26,27)/t25-/m1/s1. The number of benzene rings is 1. The fourth-order valence-corrected chi connectivity index (χ4v) is 6.03. The summed E-state index contributed by atoms with van der Waals surface area (Å²) in [6, 6.07) is 6.39. The van der Waals surface area contributed by atoms with Gasteiger partial charge in [-0.15, -0.1) is 0 Å². The number of rotatable bonds is 8. The van der Waals surface area contributed by atoms with Crippen LogP contribution in [0.2, 0.25) is 0 Å². The molecular formula is C25H36N4O3. The first-order valence-corrected chi connectivity index (χ1v) is 12.4. The third kappa shape index (κ3) is 5.13. The summed E-state index contributed by atoms with van der Waals surface area (Å²) >= 11 is 0. The Labute approximate surface area is 190 Å². The molecule has 1 aromatic rings. The molecule has 0 radical (unpaired) electrons. The normalized spacial score (nSPS) is 25.2. The van der Waals surface area contributed by atoms with E-state index in [0.717, 1.165) is 19.3 Å². The number of nitrogens with zero attached hydrogens (tertiary/aromatic N) is 2. The third-order valence-corrected chi connectivity index (χ3v) is 7.81. The monoisotopic (exact) mass is 440 g/mol. The topological polar surface area (TPSA) is 99.3 Å². The lowest BCUT2D eigenvalue weighted by molar-refractivity contribution is -0.384. The summed E-state index contributed by atoms with van der Waals surface area (Å²) in [5.74, 6) is 1.33. The highest BCUT2D eigenvalue weighted by atomic mass is 16.6. The summed E-state index contributed by atoms with van der Waals surface area (Å²) in [5, 5.41) is 23.1. The molecule has 4 rings (SSSR count). The molecule has 1 aliphatic heterocycles. The van der Waals surface area contributed by atoms with Crippen molar-refractivity contribution in [2.24, 2.45) is 11.8 Å². The fourth-order valence-electron chi connectivity index (χ4n) is 6.03. The molecule has 2 saturated carbocycles. The van der Waals surface area contributed by atoms with Gasteiger partial charge in [-0.25, -0.2) is 0 Å². The van der Waals surface area contributed by atoms with Crippen LogP contribution < -0.4 is 5.32 Å². The average Bonchev–Trinajstić information content (AvgIpc) is 3.03. The molecule has 0 bridgehead atoms. The molecule has 3 fully saturated rings. The summed E-state index contributed by atoms with van der Waals surface area (Å²) in [4.78, 5) is 26.0. The number of hydrogen-bond donors (Lipinski definition) is 2. The molecule has 1 amide bonds. The van der Waals surface area contributed by atoms with Crippen LogP contribution >= 0.6 is 0 Å². The van der Waals surface area contributed by atoms with Crippen LogP contribution in [0.25, 0.3) is 0 Å². The second-order valence-electron chi connectivity index (χ2n) is 10.1. The minimum atomic E-state index is -0.697. The maximum Gasteiger partial charge on any atom is 0.269 e. The van der Waals surface area contributed by atoms with Crippen molar-refractivity contribution in [2.45, 2.75) is 95.6 Å². The summed E-state index contributed by atoms with van der Waals surface area (Å²) in [6.07, 6.45) is 15.1. The highest BCUT2D eigenvalue weighted by Crippen LogP contribution is 2.39. The Balaban J connectivity index is 1.52. The number of carbonyl (C=O) groups excluding carboxylic acids is 1. The largest absolute Gasteiger partial charge is 0.342 e. The van der Waals surface area contributed by atoms with Gasteiger partial charge in [0.1, 0.15) is 5.54 Å². The lowest BCUT2D eigenvalue weighted by atomic mass is 9.75.